The molecule has 0 amide bonds. The van der Waals surface area contributed by atoms with E-state index in [-0.39, 0.29) is 12.4 Å². The molecule has 0 aromatic heterocycles. The predicted octanol–water partition coefficient (Wildman–Crippen LogP) is 23.3. The fraction of sp³-hybridized carbons (Fsp3) is 0.0326. The Balaban J connectivity index is 0.713. The van der Waals surface area contributed by atoms with Gasteiger partial charge in [-0.3, -0.25) is 0 Å². The van der Waals surface area contributed by atoms with Crippen molar-refractivity contribution < 1.29 is 13.9 Å². The van der Waals surface area contributed by atoms with Crippen molar-refractivity contribution in [3.05, 3.63) is 407 Å². The second kappa shape index (κ2) is 22.1. The number of halogens is 1. The summed E-state index contributed by atoms with van der Waals surface area (Å²) >= 11 is 0. The molecule has 19 rings (SSSR count). The van der Waals surface area contributed by atoms with E-state index in [0.717, 1.165) is 72.7 Å². The lowest BCUT2D eigenvalue weighted by Crippen LogP contribution is -2.26. The molecule has 0 aliphatic heterocycles. The molecule has 0 bridgehead atoms. The third-order valence-electron chi connectivity index (χ3n) is 20.9. The van der Waals surface area contributed by atoms with Crippen LogP contribution in [0.5, 0.6) is 0 Å². The summed E-state index contributed by atoms with van der Waals surface area (Å²) in [5.41, 5.74) is 29.7. The zero-order valence-corrected chi connectivity index (χ0v) is 52.7. The molecule has 5 heteroatoms. The number of benzene rings is 15. The highest BCUT2D eigenvalue weighted by Gasteiger charge is 2.53. The van der Waals surface area contributed by atoms with Gasteiger partial charge in [0, 0.05) is 34.1 Å². The molecule has 2 spiro atoms. The Morgan fingerprint density at radius 1 is 0.289 bits per heavy atom. The van der Waals surface area contributed by atoms with Crippen LogP contribution in [0.2, 0.25) is 0 Å². The molecule has 4 aliphatic carbocycles. The molecule has 15 aromatic rings. The topological polar surface area (TPSA) is 32.8 Å². The lowest BCUT2D eigenvalue weighted by molar-refractivity contribution is 0.0472. The summed E-state index contributed by atoms with van der Waals surface area (Å²) in [5.74, 6) is -0.697. The van der Waals surface area contributed by atoms with Crippen LogP contribution < -0.4 is 9.80 Å². The van der Waals surface area contributed by atoms with Gasteiger partial charge in [-0.1, -0.05) is 261 Å². The van der Waals surface area contributed by atoms with Gasteiger partial charge in [0.1, 0.15) is 12.4 Å². The Labute approximate surface area is 562 Å². The van der Waals surface area contributed by atoms with Crippen molar-refractivity contribution in [3.63, 3.8) is 0 Å². The molecule has 0 saturated carbocycles. The van der Waals surface area contributed by atoms with Gasteiger partial charge in [0.25, 0.3) is 0 Å². The Kier molecular flexibility index (Phi) is 12.8. The summed E-state index contributed by atoms with van der Waals surface area (Å²) in [5, 5.41) is 2.25. The van der Waals surface area contributed by atoms with E-state index in [1.807, 2.05) is 54.6 Å². The first-order valence-corrected chi connectivity index (χ1v) is 33.2. The van der Waals surface area contributed by atoms with Gasteiger partial charge in [0.2, 0.25) is 0 Å². The van der Waals surface area contributed by atoms with Crippen LogP contribution >= 0.6 is 0 Å². The average Bonchev–Trinajstić information content (AvgIpc) is 1.52. The van der Waals surface area contributed by atoms with E-state index in [2.05, 4.69) is 283 Å². The smallest absolute Gasteiger partial charge is 0.338 e. The maximum absolute atomic E-state index is 15.6. The first kappa shape index (κ1) is 56.1. The summed E-state index contributed by atoms with van der Waals surface area (Å²) in [6.07, 6.45) is 0. The van der Waals surface area contributed by atoms with Crippen LogP contribution in [0.1, 0.15) is 60.4 Å². The SMILES string of the molecule is O=C(OCc1ccccc1)c1cccc(N(c2ccc(-c3cccc4cccc(-c5ccc(N(c6cccc(F)c6)c6ccc7c(c6)C6(c8ccccc8-c8ccccc86)c6ccccc6-7)cc5)c34)cc2)c2ccc3c(c2)C2(c4ccccc4-c4ccccc42)c2ccccc2-3)c1. The van der Waals surface area contributed by atoms with Gasteiger partial charge in [0.15, 0.2) is 0 Å². The van der Waals surface area contributed by atoms with E-state index in [4.69, 9.17) is 4.74 Å². The molecular formula is C92H59FN2O2. The summed E-state index contributed by atoms with van der Waals surface area (Å²) in [6, 6.07) is 122. The number of nitrogens with zero attached hydrogens (tertiary/aromatic N) is 2. The standard InChI is InChI=1S/C92H59FN2O2/c93-64-25-19-27-68(55-64)95(70-51-53-80-78-33-9-15-41-86(78)92(88(80)57-70)83-38-12-6-30-75(83)76-31-7-13-39-84(76)92)66-48-44-61(45-49-66)72-35-18-23-62-22-17-34-71(89(62)72)60-42-46-65(47-43-60)94(67-26-16-24-63(54-67)90(96)97-58-59-20-2-1-3-21-59)69-50-52-79-77-32-8-14-40-85(77)91(87(79)56-69)81-36-10-4-28-73(81)74-29-5-11-37-82(74)91/h1-57H,58H2. The Morgan fingerprint density at radius 2 is 0.629 bits per heavy atom. The maximum Gasteiger partial charge on any atom is 0.338 e. The van der Waals surface area contributed by atoms with Gasteiger partial charge in [-0.25, -0.2) is 9.18 Å². The highest BCUT2D eigenvalue weighted by atomic mass is 19.1. The molecule has 97 heavy (non-hydrogen) atoms. The lowest BCUT2D eigenvalue weighted by atomic mass is 9.70. The highest BCUT2D eigenvalue weighted by Crippen LogP contribution is 2.65. The minimum atomic E-state index is -0.558. The van der Waals surface area contributed by atoms with Crippen molar-refractivity contribution in [1.82, 2.24) is 0 Å². The van der Waals surface area contributed by atoms with Crippen LogP contribution in [0.3, 0.4) is 0 Å². The summed E-state index contributed by atoms with van der Waals surface area (Å²) in [6.45, 7) is 0.168. The van der Waals surface area contributed by atoms with Gasteiger partial charge in [-0.05, 0) is 213 Å². The van der Waals surface area contributed by atoms with Crippen molar-refractivity contribution in [1.29, 1.82) is 0 Å². The van der Waals surface area contributed by atoms with Crippen molar-refractivity contribution in [2.24, 2.45) is 0 Å². The molecule has 0 radical (unpaired) electrons. The first-order chi connectivity index (χ1) is 47.9. The summed E-state index contributed by atoms with van der Waals surface area (Å²) in [7, 11) is 0. The summed E-state index contributed by atoms with van der Waals surface area (Å²) < 4.78 is 21.6. The van der Waals surface area contributed by atoms with Crippen molar-refractivity contribution in [2.45, 2.75) is 17.4 Å². The second-order valence-electron chi connectivity index (χ2n) is 25.8. The van der Waals surface area contributed by atoms with E-state index in [1.54, 1.807) is 12.1 Å². The Morgan fingerprint density at radius 3 is 1.05 bits per heavy atom. The molecule has 4 aliphatic rings. The number of anilines is 6. The number of fused-ring (bicyclic) bond motifs is 21. The highest BCUT2D eigenvalue weighted by molar-refractivity contribution is 6.07. The molecule has 0 heterocycles. The molecule has 0 N–H and O–H groups in total. The molecular weight excluding hydrogens is 1180 g/mol. The van der Waals surface area contributed by atoms with E-state index in [9.17, 15) is 4.79 Å². The van der Waals surface area contributed by atoms with Gasteiger partial charge in [-0.2, -0.15) is 0 Å². The lowest BCUT2D eigenvalue weighted by Gasteiger charge is -2.32. The number of hydrogen-bond acceptors (Lipinski definition) is 4. The third kappa shape index (κ3) is 8.44. The number of rotatable bonds is 11. The number of hydrogen-bond donors (Lipinski definition) is 0. The monoisotopic (exact) mass is 1240 g/mol. The van der Waals surface area contributed by atoms with Gasteiger partial charge in [0.05, 0.1) is 16.4 Å². The molecule has 0 saturated heterocycles. The predicted molar refractivity (Wildman–Crippen MR) is 392 cm³/mol. The minimum Gasteiger partial charge on any atom is -0.457 e. The number of carbonyl (C=O) groups excluding carboxylic acids is 1. The van der Waals surface area contributed by atoms with E-state index in [1.165, 1.54) is 95.1 Å². The second-order valence-corrected chi connectivity index (χ2v) is 25.8. The normalized spacial score (nSPS) is 13.2. The van der Waals surface area contributed by atoms with Gasteiger partial charge < -0.3 is 14.5 Å². The fourth-order valence-electron chi connectivity index (χ4n) is 16.9. The summed E-state index contributed by atoms with van der Waals surface area (Å²) in [4.78, 5) is 18.5. The zero-order chi connectivity index (χ0) is 64.3. The van der Waals surface area contributed by atoms with E-state index >= 15 is 4.39 Å². The quantitative estimate of drug-likeness (QED) is 0.121. The number of ether oxygens (including phenoxy) is 1. The van der Waals surface area contributed by atoms with Gasteiger partial charge in [-0.15, -0.1) is 0 Å². The van der Waals surface area contributed by atoms with Crippen molar-refractivity contribution >= 4 is 50.9 Å². The van der Waals surface area contributed by atoms with Crippen LogP contribution in [0.15, 0.2) is 346 Å². The molecule has 15 aromatic carbocycles. The first-order valence-electron chi connectivity index (χ1n) is 33.2. The zero-order valence-electron chi connectivity index (χ0n) is 52.7. The molecule has 0 atom stereocenters. The molecule has 0 unspecified atom stereocenters. The van der Waals surface area contributed by atoms with Crippen molar-refractivity contribution in [3.8, 4) is 66.8 Å². The third-order valence-corrected chi connectivity index (χ3v) is 20.9. The fourth-order valence-corrected chi connectivity index (χ4v) is 16.9. The molecule has 4 nitrogen and oxygen atoms in total. The number of carbonyl (C=O) groups is 1. The van der Waals surface area contributed by atoms with E-state index in [0.29, 0.717) is 5.56 Å². The molecule has 0 fully saturated rings. The maximum atomic E-state index is 15.6. The van der Waals surface area contributed by atoms with Crippen LogP contribution in [-0.2, 0) is 22.2 Å². The largest absolute Gasteiger partial charge is 0.457 e. The van der Waals surface area contributed by atoms with Crippen LogP contribution in [0.25, 0.3) is 77.5 Å². The minimum absolute atomic E-state index is 0.168. The Hall–Kier alpha value is -12.4. The van der Waals surface area contributed by atoms with E-state index < -0.39 is 16.8 Å². The van der Waals surface area contributed by atoms with Crippen LogP contribution in [0, 0.1) is 5.82 Å². The Bertz CT molecular complexity index is 5580. The number of esters is 1. The average molecular weight is 1240 g/mol. The van der Waals surface area contributed by atoms with Crippen molar-refractivity contribution in [2.75, 3.05) is 9.80 Å². The van der Waals surface area contributed by atoms with Gasteiger partial charge >= 0.3 is 5.97 Å². The van der Waals surface area contributed by atoms with Crippen LogP contribution in [0.4, 0.5) is 38.5 Å². The molecule has 456 valence electrons. The van der Waals surface area contributed by atoms with Crippen LogP contribution in [-0.4, -0.2) is 5.97 Å².